The number of amides is 1. The Morgan fingerprint density at radius 2 is 1.77 bits per heavy atom. The third-order valence-corrected chi connectivity index (χ3v) is 7.66. The number of pyridine rings is 1. The monoisotopic (exact) mass is 537 g/mol. The fraction of sp³-hybridized carbons (Fsp3) is 0.303. The number of carboxylic acid groups (broad SMARTS) is 1. The Bertz CT molecular complexity index is 1530. The first-order valence-corrected chi connectivity index (χ1v) is 13.7. The minimum atomic E-state index is -1.26. The number of hydrogen-bond donors (Lipinski definition) is 2. The molecule has 3 N–H and O–H groups in total. The molecule has 0 radical (unpaired) electrons. The highest BCUT2D eigenvalue weighted by molar-refractivity contribution is 5.93. The van der Waals surface area contributed by atoms with Gasteiger partial charge in [-0.3, -0.25) is 4.79 Å². The lowest BCUT2D eigenvalue weighted by Crippen LogP contribution is -2.50. The molecule has 7 nitrogen and oxygen atoms in total. The molecule has 0 bridgehead atoms. The summed E-state index contributed by atoms with van der Waals surface area (Å²) in [5.41, 5.74) is 11.1. The zero-order valence-electron chi connectivity index (χ0n) is 23.1. The molecule has 0 aliphatic carbocycles. The second kappa shape index (κ2) is 11.1. The van der Waals surface area contributed by atoms with E-state index in [0.717, 1.165) is 27.7 Å². The van der Waals surface area contributed by atoms with Gasteiger partial charge in [0.2, 0.25) is 5.91 Å². The van der Waals surface area contributed by atoms with E-state index in [0.29, 0.717) is 37.3 Å². The van der Waals surface area contributed by atoms with E-state index in [9.17, 15) is 14.7 Å². The molecule has 4 aromatic rings. The molecule has 2 atom stereocenters. The maximum Gasteiger partial charge on any atom is 0.326 e. The van der Waals surface area contributed by atoms with Crippen molar-refractivity contribution in [1.82, 2.24) is 9.88 Å². The molecule has 7 heteroatoms. The summed E-state index contributed by atoms with van der Waals surface area (Å²) in [5, 5.41) is 10.8. The van der Waals surface area contributed by atoms with Gasteiger partial charge in [0, 0.05) is 23.1 Å². The van der Waals surface area contributed by atoms with Crippen LogP contribution in [0.5, 0.6) is 5.75 Å². The summed E-state index contributed by atoms with van der Waals surface area (Å²) in [4.78, 5) is 31.5. The molecule has 5 rings (SSSR count). The molecule has 1 aliphatic heterocycles. The third-order valence-electron chi connectivity index (χ3n) is 7.66. The zero-order chi connectivity index (χ0) is 28.4. The number of hydrogen-bond acceptors (Lipinski definition) is 5. The molecule has 0 spiro atoms. The summed E-state index contributed by atoms with van der Waals surface area (Å²) < 4.78 is 6.18. The number of nitrogens with two attached hydrogens (primary N) is 1. The summed E-state index contributed by atoms with van der Waals surface area (Å²) in [6, 6.07) is 24.7. The number of likely N-dealkylation sites (tertiary alicyclic amines) is 1. The summed E-state index contributed by atoms with van der Waals surface area (Å²) in [7, 11) is 0. The Labute approximate surface area is 234 Å². The maximum atomic E-state index is 13.3. The van der Waals surface area contributed by atoms with Crippen molar-refractivity contribution in [3.05, 3.63) is 95.6 Å². The fourth-order valence-corrected chi connectivity index (χ4v) is 5.38. The highest BCUT2D eigenvalue weighted by Crippen LogP contribution is 2.34. The molecule has 1 aromatic heterocycles. The maximum absolute atomic E-state index is 13.3. The van der Waals surface area contributed by atoms with E-state index >= 15 is 0 Å². The van der Waals surface area contributed by atoms with Gasteiger partial charge < -0.3 is 20.5 Å². The number of carbonyl (C=O) groups is 2. The SMILES string of the molecule is Cc1ccc(-c2cc(COc3ccc(C4(N)CCN(C(CC(C)C)C(=O)O)C4=O)cc3)c3ccccc3n2)cc1. The number of rotatable bonds is 9. The average molecular weight is 538 g/mol. The van der Waals surface area contributed by atoms with Gasteiger partial charge in [-0.1, -0.05) is 74.0 Å². The number of ether oxygens (including phenoxy) is 1. The Balaban J connectivity index is 1.34. The number of nitrogens with zero attached hydrogens (tertiary/aromatic N) is 2. The lowest BCUT2D eigenvalue weighted by Gasteiger charge is -2.28. The minimum Gasteiger partial charge on any atom is -0.489 e. The van der Waals surface area contributed by atoms with Gasteiger partial charge >= 0.3 is 5.97 Å². The highest BCUT2D eigenvalue weighted by Gasteiger charge is 2.48. The number of fused-ring (bicyclic) bond motifs is 1. The zero-order valence-corrected chi connectivity index (χ0v) is 23.1. The lowest BCUT2D eigenvalue weighted by atomic mass is 9.89. The smallest absolute Gasteiger partial charge is 0.326 e. The van der Waals surface area contributed by atoms with E-state index in [1.807, 2.05) is 50.2 Å². The quantitative estimate of drug-likeness (QED) is 0.285. The van der Waals surface area contributed by atoms with Crippen LogP contribution in [0.2, 0.25) is 0 Å². The van der Waals surface area contributed by atoms with Gasteiger partial charge in [0.15, 0.2) is 0 Å². The Hall–Kier alpha value is -4.23. The van der Waals surface area contributed by atoms with E-state index in [1.165, 1.54) is 10.5 Å². The van der Waals surface area contributed by atoms with E-state index in [-0.39, 0.29) is 11.8 Å². The highest BCUT2D eigenvalue weighted by atomic mass is 16.5. The molecule has 2 unspecified atom stereocenters. The van der Waals surface area contributed by atoms with E-state index in [4.69, 9.17) is 15.5 Å². The standard InChI is InChI=1S/C33H35N3O4/c1-21(2)18-30(31(37)38)36-17-16-33(34,32(36)39)25-12-14-26(15-13-25)40-20-24-19-29(23-10-8-22(3)9-11-23)35-28-7-5-4-6-27(24)28/h4-15,19,21,30H,16-18,20,34H2,1-3H3,(H,37,38). The van der Waals surface area contributed by atoms with Gasteiger partial charge in [0.25, 0.3) is 0 Å². The fourth-order valence-electron chi connectivity index (χ4n) is 5.38. The summed E-state index contributed by atoms with van der Waals surface area (Å²) in [5.74, 6) is -0.551. The number of para-hydroxylation sites is 1. The van der Waals surface area contributed by atoms with Gasteiger partial charge in [-0.25, -0.2) is 9.78 Å². The van der Waals surface area contributed by atoms with Crippen LogP contribution < -0.4 is 10.5 Å². The first-order valence-electron chi connectivity index (χ1n) is 13.7. The van der Waals surface area contributed by atoms with E-state index in [1.54, 1.807) is 12.1 Å². The number of carboxylic acids is 1. The van der Waals surface area contributed by atoms with Gasteiger partial charge in [-0.15, -0.1) is 0 Å². The molecule has 1 saturated heterocycles. The topological polar surface area (TPSA) is 106 Å². The van der Waals surface area contributed by atoms with Crippen molar-refractivity contribution < 1.29 is 19.4 Å². The van der Waals surface area contributed by atoms with E-state index < -0.39 is 17.6 Å². The van der Waals surface area contributed by atoms with Crippen molar-refractivity contribution in [2.24, 2.45) is 11.7 Å². The second-order valence-corrected chi connectivity index (χ2v) is 11.1. The van der Waals surface area contributed by atoms with Crippen molar-refractivity contribution in [1.29, 1.82) is 0 Å². The number of benzene rings is 3. The number of aryl methyl sites for hydroxylation is 1. The molecule has 0 saturated carbocycles. The minimum absolute atomic E-state index is 0.142. The van der Waals surface area contributed by atoms with Crippen molar-refractivity contribution in [2.75, 3.05) is 6.54 Å². The Kier molecular flexibility index (Phi) is 7.59. The molecule has 206 valence electrons. The molecule has 3 aromatic carbocycles. The number of carbonyl (C=O) groups excluding carboxylic acids is 1. The normalized spacial score (nSPS) is 17.9. The van der Waals surface area contributed by atoms with E-state index in [2.05, 4.69) is 37.3 Å². The van der Waals surface area contributed by atoms with Crippen molar-refractivity contribution in [3.8, 4) is 17.0 Å². The Morgan fingerprint density at radius 1 is 1.07 bits per heavy atom. The summed E-state index contributed by atoms with van der Waals surface area (Å²) in [6.07, 6.45) is 0.748. The number of aliphatic carboxylic acids is 1. The third kappa shape index (κ3) is 5.42. The van der Waals surface area contributed by atoms with Gasteiger partial charge in [-0.05, 0) is 55.5 Å². The largest absolute Gasteiger partial charge is 0.489 e. The van der Waals surface area contributed by atoms with Crippen LogP contribution in [0.4, 0.5) is 0 Å². The van der Waals surface area contributed by atoms with Crippen LogP contribution in [-0.4, -0.2) is 39.5 Å². The van der Waals surface area contributed by atoms with Crippen LogP contribution in [0.15, 0.2) is 78.9 Å². The summed E-state index contributed by atoms with van der Waals surface area (Å²) >= 11 is 0. The predicted molar refractivity (Wildman–Crippen MR) is 156 cm³/mol. The first-order chi connectivity index (χ1) is 19.2. The van der Waals surface area contributed by atoms with Crippen molar-refractivity contribution in [3.63, 3.8) is 0 Å². The molecule has 40 heavy (non-hydrogen) atoms. The van der Waals surface area contributed by atoms with Crippen LogP contribution in [-0.2, 0) is 21.7 Å². The second-order valence-electron chi connectivity index (χ2n) is 11.1. The number of aromatic nitrogens is 1. The lowest BCUT2D eigenvalue weighted by molar-refractivity contribution is -0.150. The molecule has 1 aliphatic rings. The molecule has 1 amide bonds. The van der Waals surface area contributed by atoms with Crippen molar-refractivity contribution in [2.45, 2.75) is 51.8 Å². The summed E-state index contributed by atoms with van der Waals surface area (Å²) in [6.45, 7) is 6.62. The predicted octanol–water partition coefficient (Wildman–Crippen LogP) is 5.67. The van der Waals surface area contributed by atoms with Crippen LogP contribution in [0.25, 0.3) is 22.2 Å². The molecular weight excluding hydrogens is 502 g/mol. The molecule has 2 heterocycles. The van der Waals surface area contributed by atoms with Gasteiger partial charge in [-0.2, -0.15) is 0 Å². The van der Waals surface area contributed by atoms with Crippen LogP contribution in [0, 0.1) is 12.8 Å². The van der Waals surface area contributed by atoms with Crippen LogP contribution in [0.1, 0.15) is 43.4 Å². The van der Waals surface area contributed by atoms with Crippen LogP contribution >= 0.6 is 0 Å². The molecular formula is C33H35N3O4. The van der Waals surface area contributed by atoms with Crippen LogP contribution in [0.3, 0.4) is 0 Å². The van der Waals surface area contributed by atoms with Gasteiger partial charge in [0.05, 0.1) is 11.2 Å². The van der Waals surface area contributed by atoms with Crippen molar-refractivity contribution >= 4 is 22.8 Å². The first kappa shape index (κ1) is 27.3. The average Bonchev–Trinajstić information content (AvgIpc) is 3.25. The van der Waals surface area contributed by atoms with Gasteiger partial charge in [0.1, 0.15) is 23.9 Å². The molecule has 1 fully saturated rings. The Morgan fingerprint density at radius 3 is 2.45 bits per heavy atom.